The summed E-state index contributed by atoms with van der Waals surface area (Å²) in [4.78, 5) is 47.6. The molecule has 0 aliphatic heterocycles. The Bertz CT molecular complexity index is 713. The third kappa shape index (κ3) is 9.48. The van der Waals surface area contributed by atoms with Crippen molar-refractivity contribution in [1.29, 1.82) is 0 Å². The number of carboxylic acids is 1. The Kier molecular flexibility index (Phi) is 11.1. The molecule has 0 aromatic heterocycles. The lowest BCUT2D eigenvalue weighted by atomic mass is 10.1. The molecule has 0 saturated carbocycles. The monoisotopic (exact) mass is 421 g/mol. The van der Waals surface area contributed by atoms with E-state index in [1.165, 1.54) is 6.92 Å². The van der Waals surface area contributed by atoms with E-state index in [4.69, 9.17) is 16.6 Å². The van der Waals surface area contributed by atoms with Crippen molar-refractivity contribution in [2.75, 3.05) is 13.1 Å². The fourth-order valence-corrected chi connectivity index (χ4v) is 2.69. The van der Waals surface area contributed by atoms with E-state index in [1.807, 2.05) is 30.3 Å². The summed E-state index contributed by atoms with van der Waals surface area (Å²) in [6.45, 7) is 1.36. The zero-order valence-electron chi connectivity index (χ0n) is 17.1. The minimum Gasteiger partial charge on any atom is -0.480 e. The van der Waals surface area contributed by atoms with Crippen LogP contribution in [0.1, 0.15) is 31.7 Å². The maximum atomic E-state index is 12.5. The topological polar surface area (TPSA) is 177 Å². The molecule has 0 saturated heterocycles. The Morgan fingerprint density at radius 3 is 2.27 bits per heavy atom. The Morgan fingerprint density at radius 2 is 1.67 bits per heavy atom. The highest BCUT2D eigenvalue weighted by atomic mass is 16.4. The van der Waals surface area contributed by atoms with Gasteiger partial charge in [-0.05, 0) is 44.7 Å². The van der Waals surface area contributed by atoms with Gasteiger partial charge in [0.1, 0.15) is 18.6 Å². The summed E-state index contributed by atoms with van der Waals surface area (Å²) in [7, 11) is 0. The van der Waals surface area contributed by atoms with Crippen molar-refractivity contribution >= 4 is 23.7 Å². The molecule has 0 heterocycles. The minimum absolute atomic E-state index is 0.294. The first-order valence-corrected chi connectivity index (χ1v) is 9.84. The summed E-state index contributed by atoms with van der Waals surface area (Å²) in [5.41, 5.74) is 12.3. The molecule has 1 rings (SSSR count). The van der Waals surface area contributed by atoms with Crippen molar-refractivity contribution in [2.24, 2.45) is 11.5 Å². The standard InChI is InChI=1S/C20H31N5O5/c1-13(24-19(29)15(22)11-14-7-3-2-4-8-14)18(28)25-16(9-5-6-10-21)20(30)23-12-17(26)27/h2-4,7-8,13,15-16H,5-6,9-12,21-22H2,1H3,(H,23,30)(H,24,29)(H,25,28)(H,26,27). The Labute approximate surface area is 175 Å². The molecule has 10 nitrogen and oxygen atoms in total. The number of benzene rings is 1. The third-order valence-electron chi connectivity index (χ3n) is 4.38. The van der Waals surface area contributed by atoms with E-state index < -0.39 is 48.4 Å². The largest absolute Gasteiger partial charge is 0.480 e. The SMILES string of the molecule is CC(NC(=O)C(N)Cc1ccccc1)C(=O)NC(CCCCN)C(=O)NCC(=O)O. The van der Waals surface area contributed by atoms with Gasteiger partial charge in [-0.25, -0.2) is 0 Å². The van der Waals surface area contributed by atoms with E-state index in [0.29, 0.717) is 32.2 Å². The van der Waals surface area contributed by atoms with Crippen molar-refractivity contribution in [1.82, 2.24) is 16.0 Å². The molecular weight excluding hydrogens is 390 g/mol. The zero-order valence-corrected chi connectivity index (χ0v) is 17.1. The average Bonchev–Trinajstić information content (AvgIpc) is 2.71. The molecule has 0 radical (unpaired) electrons. The number of carbonyl (C=O) groups excluding carboxylic acids is 3. The molecule has 0 bridgehead atoms. The van der Waals surface area contributed by atoms with Crippen molar-refractivity contribution < 1.29 is 24.3 Å². The molecule has 166 valence electrons. The van der Waals surface area contributed by atoms with E-state index >= 15 is 0 Å². The van der Waals surface area contributed by atoms with Crippen LogP contribution in [0.3, 0.4) is 0 Å². The Morgan fingerprint density at radius 1 is 1.00 bits per heavy atom. The molecular formula is C20H31N5O5. The van der Waals surface area contributed by atoms with Crippen LogP contribution in [0.2, 0.25) is 0 Å². The molecule has 0 spiro atoms. The highest BCUT2D eigenvalue weighted by molar-refractivity contribution is 5.93. The van der Waals surface area contributed by atoms with Crippen LogP contribution in [0.5, 0.6) is 0 Å². The van der Waals surface area contributed by atoms with Gasteiger partial charge in [0.15, 0.2) is 0 Å². The molecule has 0 fully saturated rings. The number of hydrogen-bond donors (Lipinski definition) is 6. The molecule has 10 heteroatoms. The van der Waals surface area contributed by atoms with E-state index in [0.717, 1.165) is 5.56 Å². The van der Waals surface area contributed by atoms with Gasteiger partial charge < -0.3 is 32.5 Å². The number of aliphatic carboxylic acids is 1. The van der Waals surface area contributed by atoms with E-state index in [9.17, 15) is 19.2 Å². The van der Waals surface area contributed by atoms with E-state index in [-0.39, 0.29) is 0 Å². The van der Waals surface area contributed by atoms with Crippen LogP contribution >= 0.6 is 0 Å². The fourth-order valence-electron chi connectivity index (χ4n) is 2.69. The van der Waals surface area contributed by atoms with Crippen molar-refractivity contribution in [3.8, 4) is 0 Å². The number of hydrogen-bond acceptors (Lipinski definition) is 6. The van der Waals surface area contributed by atoms with Crippen molar-refractivity contribution in [3.63, 3.8) is 0 Å². The molecule has 0 aliphatic carbocycles. The first-order valence-electron chi connectivity index (χ1n) is 9.84. The third-order valence-corrected chi connectivity index (χ3v) is 4.38. The summed E-state index contributed by atoms with van der Waals surface area (Å²) < 4.78 is 0. The predicted octanol–water partition coefficient (Wildman–Crippen LogP) is -1.12. The molecule has 1 aromatic rings. The van der Waals surface area contributed by atoms with Gasteiger partial charge >= 0.3 is 5.97 Å². The van der Waals surface area contributed by atoms with Gasteiger partial charge in [-0.15, -0.1) is 0 Å². The second-order valence-corrected chi connectivity index (χ2v) is 6.98. The van der Waals surface area contributed by atoms with Crippen LogP contribution in [-0.4, -0.2) is 60.0 Å². The maximum absolute atomic E-state index is 12.5. The molecule has 3 amide bonds. The summed E-state index contributed by atoms with van der Waals surface area (Å²) in [5, 5.41) is 16.0. The molecule has 0 aliphatic rings. The van der Waals surface area contributed by atoms with Crippen molar-refractivity contribution in [2.45, 2.75) is 50.7 Å². The smallest absolute Gasteiger partial charge is 0.322 e. The Hall–Kier alpha value is -2.98. The quantitative estimate of drug-likeness (QED) is 0.218. The second-order valence-electron chi connectivity index (χ2n) is 6.98. The fraction of sp³-hybridized carbons (Fsp3) is 0.500. The average molecular weight is 421 g/mol. The normalized spacial score (nSPS) is 13.6. The lowest BCUT2D eigenvalue weighted by Gasteiger charge is -2.22. The van der Waals surface area contributed by atoms with Gasteiger partial charge in [-0.2, -0.15) is 0 Å². The van der Waals surface area contributed by atoms with Crippen LogP contribution in [0.25, 0.3) is 0 Å². The van der Waals surface area contributed by atoms with Crippen LogP contribution in [-0.2, 0) is 25.6 Å². The van der Waals surface area contributed by atoms with Crippen LogP contribution in [0.4, 0.5) is 0 Å². The number of carbonyl (C=O) groups is 4. The first-order chi connectivity index (χ1) is 14.2. The van der Waals surface area contributed by atoms with Gasteiger partial charge in [0.05, 0.1) is 6.04 Å². The Balaban J connectivity index is 2.61. The summed E-state index contributed by atoms with van der Waals surface area (Å²) in [6, 6.07) is 6.56. The predicted molar refractivity (Wildman–Crippen MR) is 111 cm³/mol. The number of nitrogens with one attached hydrogen (secondary N) is 3. The maximum Gasteiger partial charge on any atom is 0.322 e. The van der Waals surface area contributed by atoms with Crippen LogP contribution in [0.15, 0.2) is 30.3 Å². The lowest BCUT2D eigenvalue weighted by molar-refractivity contribution is -0.138. The lowest BCUT2D eigenvalue weighted by Crippen LogP contribution is -2.55. The number of carboxylic acid groups (broad SMARTS) is 1. The summed E-state index contributed by atoms with van der Waals surface area (Å²) >= 11 is 0. The minimum atomic E-state index is -1.19. The highest BCUT2D eigenvalue weighted by Gasteiger charge is 2.25. The number of nitrogens with two attached hydrogens (primary N) is 2. The zero-order chi connectivity index (χ0) is 22.5. The van der Waals surface area contributed by atoms with Gasteiger partial charge in [0.25, 0.3) is 0 Å². The van der Waals surface area contributed by atoms with Gasteiger partial charge in [0, 0.05) is 0 Å². The molecule has 3 unspecified atom stereocenters. The molecule has 8 N–H and O–H groups in total. The second kappa shape index (κ2) is 13.3. The van der Waals surface area contributed by atoms with Gasteiger partial charge in [-0.1, -0.05) is 30.3 Å². The molecule has 1 aromatic carbocycles. The number of unbranched alkanes of at least 4 members (excludes halogenated alkanes) is 1. The first kappa shape index (κ1) is 25.1. The van der Waals surface area contributed by atoms with Gasteiger partial charge in [0.2, 0.25) is 17.7 Å². The summed E-state index contributed by atoms with van der Waals surface area (Å²) in [6.07, 6.45) is 1.84. The van der Waals surface area contributed by atoms with E-state index in [2.05, 4.69) is 16.0 Å². The summed E-state index contributed by atoms with van der Waals surface area (Å²) in [5.74, 6) is -2.86. The number of rotatable bonds is 13. The van der Waals surface area contributed by atoms with Crippen molar-refractivity contribution in [3.05, 3.63) is 35.9 Å². The molecule has 30 heavy (non-hydrogen) atoms. The van der Waals surface area contributed by atoms with Gasteiger partial charge in [-0.3, -0.25) is 19.2 Å². The number of amides is 3. The highest BCUT2D eigenvalue weighted by Crippen LogP contribution is 2.04. The molecule has 3 atom stereocenters. The van der Waals surface area contributed by atoms with Crippen LogP contribution < -0.4 is 27.4 Å². The van der Waals surface area contributed by atoms with E-state index in [1.54, 1.807) is 0 Å². The van der Waals surface area contributed by atoms with Crippen LogP contribution in [0, 0.1) is 0 Å².